The van der Waals surface area contributed by atoms with Crippen molar-refractivity contribution in [2.75, 3.05) is 5.32 Å². The molecule has 0 aliphatic rings. The Morgan fingerprint density at radius 3 is 2.57 bits per heavy atom. The van der Waals surface area contributed by atoms with Gasteiger partial charge in [0.1, 0.15) is 0 Å². The number of thiazole rings is 1. The first-order chi connectivity index (χ1) is 10.9. The highest BCUT2D eigenvalue weighted by molar-refractivity contribution is 7.13. The van der Waals surface area contributed by atoms with Gasteiger partial charge in [-0.25, -0.2) is 9.78 Å². The predicted octanol–water partition coefficient (Wildman–Crippen LogP) is 3.30. The van der Waals surface area contributed by atoms with Crippen molar-refractivity contribution in [3.63, 3.8) is 0 Å². The lowest BCUT2D eigenvalue weighted by atomic mass is 9.85. The van der Waals surface area contributed by atoms with Gasteiger partial charge in [-0.05, 0) is 25.8 Å². The molecule has 0 aliphatic heterocycles. The highest BCUT2D eigenvalue weighted by atomic mass is 32.1. The summed E-state index contributed by atoms with van der Waals surface area (Å²) in [5.41, 5.74) is 0.0915. The van der Waals surface area contributed by atoms with Crippen LogP contribution in [0.1, 0.15) is 31.7 Å². The number of rotatable bonds is 6. The van der Waals surface area contributed by atoms with E-state index in [1.54, 1.807) is 25.4 Å². The first-order valence-corrected chi connectivity index (χ1v) is 8.02. The van der Waals surface area contributed by atoms with Gasteiger partial charge in [-0.15, -0.1) is 11.3 Å². The number of aromatic nitrogens is 1. The summed E-state index contributed by atoms with van der Waals surface area (Å²) in [6, 6.07) is 9.32. The fraction of sp³-hybridized carbons (Fsp3) is 0.312. The van der Waals surface area contributed by atoms with Crippen LogP contribution in [-0.4, -0.2) is 27.6 Å². The number of hydrogen-bond acceptors (Lipinski definition) is 4. The molecular weight excluding hydrogens is 314 g/mol. The van der Waals surface area contributed by atoms with Crippen molar-refractivity contribution in [1.82, 2.24) is 10.3 Å². The average molecular weight is 333 g/mol. The molecule has 1 unspecified atom stereocenters. The summed E-state index contributed by atoms with van der Waals surface area (Å²) < 4.78 is 0. The van der Waals surface area contributed by atoms with Gasteiger partial charge in [0, 0.05) is 17.1 Å². The van der Waals surface area contributed by atoms with Crippen molar-refractivity contribution in [2.24, 2.45) is 0 Å². The van der Waals surface area contributed by atoms with Crippen LogP contribution in [0.15, 0.2) is 41.9 Å². The van der Waals surface area contributed by atoms with E-state index in [-0.39, 0.29) is 5.91 Å². The lowest BCUT2D eigenvalue weighted by Gasteiger charge is -2.29. The Kier molecular flexibility index (Phi) is 5.33. The van der Waals surface area contributed by atoms with Gasteiger partial charge in [-0.1, -0.05) is 30.3 Å². The Morgan fingerprint density at radius 1 is 1.30 bits per heavy atom. The molecule has 1 aromatic heterocycles. The molecule has 23 heavy (non-hydrogen) atoms. The molecule has 0 aliphatic carbocycles. The standard InChI is InChI=1S/C16H19N3O3S/c1-16(2,19-15(21)22)10-12(11-6-4-3-5-7-11)13(20)18-14-17-8-9-23-14/h3-9,12,19H,10H2,1-2H3,(H,21,22)(H,17,18,20). The van der Waals surface area contributed by atoms with E-state index in [1.807, 2.05) is 30.3 Å². The maximum Gasteiger partial charge on any atom is 0.405 e. The predicted molar refractivity (Wildman–Crippen MR) is 89.8 cm³/mol. The first kappa shape index (κ1) is 17.0. The third-order valence-electron chi connectivity index (χ3n) is 3.34. The largest absolute Gasteiger partial charge is 0.465 e. The second-order valence-corrected chi connectivity index (χ2v) is 6.70. The fourth-order valence-corrected chi connectivity index (χ4v) is 2.91. The van der Waals surface area contributed by atoms with Gasteiger partial charge in [0.05, 0.1) is 5.92 Å². The van der Waals surface area contributed by atoms with Gasteiger partial charge in [0.2, 0.25) is 5.91 Å². The highest BCUT2D eigenvalue weighted by Gasteiger charge is 2.30. The van der Waals surface area contributed by atoms with Crippen molar-refractivity contribution in [3.05, 3.63) is 47.5 Å². The first-order valence-electron chi connectivity index (χ1n) is 7.14. The molecule has 0 saturated carbocycles. The Labute approximate surface area is 138 Å². The van der Waals surface area contributed by atoms with Crippen molar-refractivity contribution in [2.45, 2.75) is 31.7 Å². The number of carboxylic acid groups (broad SMARTS) is 1. The number of nitrogens with one attached hydrogen (secondary N) is 2. The third kappa shape index (κ3) is 5.07. The quantitative estimate of drug-likeness (QED) is 0.756. The van der Waals surface area contributed by atoms with Crippen molar-refractivity contribution >= 4 is 28.5 Å². The van der Waals surface area contributed by atoms with E-state index in [2.05, 4.69) is 15.6 Å². The minimum Gasteiger partial charge on any atom is -0.465 e. The number of amides is 2. The molecule has 0 spiro atoms. The van der Waals surface area contributed by atoms with Crippen LogP contribution < -0.4 is 10.6 Å². The Morgan fingerprint density at radius 2 is 2.00 bits per heavy atom. The van der Waals surface area contributed by atoms with E-state index >= 15 is 0 Å². The Hall–Kier alpha value is -2.41. The van der Waals surface area contributed by atoms with Crippen LogP contribution in [0.2, 0.25) is 0 Å². The van der Waals surface area contributed by atoms with Gasteiger partial charge < -0.3 is 15.7 Å². The summed E-state index contributed by atoms with van der Waals surface area (Å²) in [5.74, 6) is -0.687. The van der Waals surface area contributed by atoms with Crippen molar-refractivity contribution < 1.29 is 14.7 Å². The SMILES string of the molecule is CC(C)(CC(C(=O)Nc1nccs1)c1ccccc1)NC(=O)O. The van der Waals surface area contributed by atoms with E-state index < -0.39 is 17.6 Å². The second-order valence-electron chi connectivity index (χ2n) is 5.81. The molecule has 1 heterocycles. The smallest absolute Gasteiger partial charge is 0.405 e. The van der Waals surface area contributed by atoms with Crippen LogP contribution in [0.4, 0.5) is 9.93 Å². The van der Waals surface area contributed by atoms with Crippen LogP contribution in [0.5, 0.6) is 0 Å². The van der Waals surface area contributed by atoms with Crippen molar-refractivity contribution in [3.8, 4) is 0 Å². The molecule has 3 N–H and O–H groups in total. The molecule has 0 saturated heterocycles. The van der Waals surface area contributed by atoms with Crippen LogP contribution in [0.3, 0.4) is 0 Å². The van der Waals surface area contributed by atoms with E-state index in [1.165, 1.54) is 11.3 Å². The summed E-state index contributed by atoms with van der Waals surface area (Å²) in [5, 5.41) is 16.5. The van der Waals surface area contributed by atoms with Gasteiger partial charge in [-0.2, -0.15) is 0 Å². The van der Waals surface area contributed by atoms with Crippen LogP contribution in [0.25, 0.3) is 0 Å². The van der Waals surface area contributed by atoms with Gasteiger partial charge >= 0.3 is 6.09 Å². The number of hydrogen-bond donors (Lipinski definition) is 3. The monoisotopic (exact) mass is 333 g/mol. The van der Waals surface area contributed by atoms with E-state index in [0.717, 1.165) is 5.56 Å². The number of nitrogens with zero attached hydrogens (tertiary/aromatic N) is 1. The van der Waals surface area contributed by atoms with Gasteiger partial charge in [0.25, 0.3) is 0 Å². The molecule has 0 bridgehead atoms. The number of carbonyl (C=O) groups excluding carboxylic acids is 1. The second kappa shape index (κ2) is 7.23. The summed E-state index contributed by atoms with van der Waals surface area (Å²) in [4.78, 5) is 27.6. The zero-order valence-electron chi connectivity index (χ0n) is 12.9. The Bertz CT molecular complexity index is 656. The molecule has 1 aromatic carbocycles. The molecule has 6 nitrogen and oxygen atoms in total. The third-order valence-corrected chi connectivity index (χ3v) is 4.03. The molecule has 0 radical (unpaired) electrons. The molecule has 1 atom stereocenters. The molecule has 0 fully saturated rings. The van der Waals surface area contributed by atoms with Crippen LogP contribution in [-0.2, 0) is 4.79 Å². The van der Waals surface area contributed by atoms with E-state index in [4.69, 9.17) is 5.11 Å². The molecule has 2 amide bonds. The van der Waals surface area contributed by atoms with Crippen molar-refractivity contribution in [1.29, 1.82) is 0 Å². The zero-order valence-corrected chi connectivity index (χ0v) is 13.8. The molecule has 2 aromatic rings. The summed E-state index contributed by atoms with van der Waals surface area (Å²) in [6.07, 6.45) is 0.843. The highest BCUT2D eigenvalue weighted by Crippen LogP contribution is 2.28. The summed E-state index contributed by atoms with van der Waals surface area (Å²) in [6.45, 7) is 3.52. The molecule has 122 valence electrons. The maximum absolute atomic E-state index is 12.7. The number of benzene rings is 1. The van der Waals surface area contributed by atoms with Gasteiger partial charge in [-0.3, -0.25) is 4.79 Å². The minimum absolute atomic E-state index is 0.202. The minimum atomic E-state index is -1.11. The topological polar surface area (TPSA) is 91.3 Å². The number of anilines is 1. The summed E-state index contributed by atoms with van der Waals surface area (Å²) >= 11 is 1.34. The molecular formula is C16H19N3O3S. The van der Waals surface area contributed by atoms with Crippen LogP contribution >= 0.6 is 11.3 Å². The maximum atomic E-state index is 12.7. The van der Waals surface area contributed by atoms with Crippen LogP contribution in [0, 0.1) is 0 Å². The molecule has 7 heteroatoms. The van der Waals surface area contributed by atoms with Gasteiger partial charge in [0.15, 0.2) is 5.13 Å². The molecule has 2 rings (SSSR count). The normalized spacial score (nSPS) is 12.4. The lowest BCUT2D eigenvalue weighted by molar-refractivity contribution is -0.118. The summed E-state index contributed by atoms with van der Waals surface area (Å²) in [7, 11) is 0. The average Bonchev–Trinajstić information content (AvgIpc) is 2.97. The lowest BCUT2D eigenvalue weighted by Crippen LogP contribution is -2.45. The van der Waals surface area contributed by atoms with E-state index in [0.29, 0.717) is 11.6 Å². The van der Waals surface area contributed by atoms with E-state index in [9.17, 15) is 9.59 Å². The zero-order chi connectivity index (χ0) is 16.9. The fourth-order valence-electron chi connectivity index (χ4n) is 2.38. The number of carbonyl (C=O) groups is 2. The Balaban J connectivity index is 2.21.